The molecule has 0 unspecified atom stereocenters. The van der Waals surface area contributed by atoms with Crippen LogP contribution in [0.3, 0.4) is 0 Å². The highest BCUT2D eigenvalue weighted by Gasteiger charge is 2.32. The lowest BCUT2D eigenvalue weighted by Gasteiger charge is -2.36. The second-order valence-corrected chi connectivity index (χ2v) is 10.2. The molecular formula is C30H33NO7S. The number of aliphatic hydroxyl groups excluding tert-OH is 1. The van der Waals surface area contributed by atoms with E-state index in [-0.39, 0.29) is 18.8 Å². The Bertz CT molecular complexity index is 1250. The lowest BCUT2D eigenvalue weighted by Crippen LogP contribution is -2.31. The van der Waals surface area contributed by atoms with Gasteiger partial charge in [0, 0.05) is 35.2 Å². The average Bonchev–Trinajstić information content (AvgIpc) is 2.96. The van der Waals surface area contributed by atoms with Crippen LogP contribution in [-0.2, 0) is 30.4 Å². The van der Waals surface area contributed by atoms with Crippen LogP contribution in [0.4, 0.5) is 5.69 Å². The number of nitrogens with one attached hydrogen (secondary N) is 1. The number of hydrogen-bond acceptors (Lipinski definition) is 8. The molecule has 4 rings (SSSR count). The van der Waals surface area contributed by atoms with Crippen molar-refractivity contribution in [3.8, 4) is 5.75 Å². The first-order valence-corrected chi connectivity index (χ1v) is 13.7. The van der Waals surface area contributed by atoms with Gasteiger partial charge in [-0.25, -0.2) is 0 Å². The molecule has 39 heavy (non-hydrogen) atoms. The first kappa shape index (κ1) is 28.6. The zero-order valence-electron chi connectivity index (χ0n) is 22.2. The van der Waals surface area contributed by atoms with Crippen molar-refractivity contribution >= 4 is 29.3 Å². The van der Waals surface area contributed by atoms with Crippen molar-refractivity contribution < 1.29 is 33.6 Å². The van der Waals surface area contributed by atoms with Gasteiger partial charge in [-0.1, -0.05) is 48.5 Å². The van der Waals surface area contributed by atoms with Gasteiger partial charge in [-0.3, -0.25) is 9.59 Å². The standard InChI is InChI=1S/C30H33NO7S/c1-19(36-20(2)33)29(34)31-24-14-12-23(13-15-24)30-37-25(18-39-28-7-5-4-6-26(28)35-3)16-27(38-30)22-10-8-21(17-32)9-11-22/h4-15,19,25,27,30,32H,16-18H2,1-3H3,(H,31,34)/t19-,25+,27-,30-/m0/s1. The number of aliphatic hydroxyl groups is 1. The molecule has 1 heterocycles. The van der Waals surface area contributed by atoms with E-state index in [1.165, 1.54) is 13.8 Å². The number of esters is 1. The van der Waals surface area contributed by atoms with E-state index in [9.17, 15) is 14.7 Å². The van der Waals surface area contributed by atoms with Gasteiger partial charge < -0.3 is 29.4 Å². The second-order valence-electron chi connectivity index (χ2n) is 9.17. The summed E-state index contributed by atoms with van der Waals surface area (Å²) in [6.07, 6.45) is -1.16. The molecule has 1 aliphatic rings. The number of benzene rings is 3. The summed E-state index contributed by atoms with van der Waals surface area (Å²) in [5.74, 6) is 0.595. The molecule has 0 radical (unpaired) electrons. The van der Waals surface area contributed by atoms with E-state index in [2.05, 4.69) is 5.32 Å². The van der Waals surface area contributed by atoms with Crippen molar-refractivity contribution in [2.75, 3.05) is 18.2 Å². The third-order valence-electron chi connectivity index (χ3n) is 6.27. The Morgan fingerprint density at radius 1 is 1.03 bits per heavy atom. The van der Waals surface area contributed by atoms with E-state index in [0.717, 1.165) is 27.3 Å². The molecule has 206 valence electrons. The fourth-order valence-corrected chi connectivity index (χ4v) is 5.26. The fourth-order valence-electron chi connectivity index (χ4n) is 4.21. The number of rotatable bonds is 10. The number of thioether (sulfide) groups is 1. The fraction of sp³-hybridized carbons (Fsp3) is 0.333. The molecule has 1 saturated heterocycles. The van der Waals surface area contributed by atoms with Gasteiger partial charge in [-0.05, 0) is 42.3 Å². The summed E-state index contributed by atoms with van der Waals surface area (Å²) >= 11 is 1.67. The van der Waals surface area contributed by atoms with Gasteiger partial charge in [0.05, 0.1) is 25.9 Å². The number of anilines is 1. The number of para-hydroxylation sites is 1. The van der Waals surface area contributed by atoms with Crippen LogP contribution < -0.4 is 10.1 Å². The number of methoxy groups -OCH3 is 1. The van der Waals surface area contributed by atoms with E-state index in [1.54, 1.807) is 31.0 Å². The van der Waals surface area contributed by atoms with Gasteiger partial charge in [0.1, 0.15) is 5.75 Å². The first-order valence-electron chi connectivity index (χ1n) is 12.7. The number of hydrogen-bond donors (Lipinski definition) is 2. The summed E-state index contributed by atoms with van der Waals surface area (Å²) in [6, 6.07) is 22.9. The molecule has 0 aliphatic carbocycles. The number of amides is 1. The van der Waals surface area contributed by atoms with E-state index in [1.807, 2.05) is 60.7 Å². The van der Waals surface area contributed by atoms with Crippen molar-refractivity contribution in [1.82, 2.24) is 0 Å². The molecule has 4 atom stereocenters. The maximum absolute atomic E-state index is 12.3. The molecule has 2 N–H and O–H groups in total. The van der Waals surface area contributed by atoms with E-state index in [0.29, 0.717) is 17.9 Å². The van der Waals surface area contributed by atoms with Crippen LogP contribution >= 0.6 is 11.8 Å². The lowest BCUT2D eigenvalue weighted by atomic mass is 10.0. The van der Waals surface area contributed by atoms with E-state index in [4.69, 9.17) is 18.9 Å². The Hall–Kier alpha value is -3.37. The largest absolute Gasteiger partial charge is 0.496 e. The van der Waals surface area contributed by atoms with Crippen LogP contribution in [0.5, 0.6) is 5.75 Å². The zero-order valence-corrected chi connectivity index (χ0v) is 23.0. The van der Waals surface area contributed by atoms with Crippen molar-refractivity contribution in [2.45, 2.75) is 56.4 Å². The molecule has 9 heteroatoms. The summed E-state index contributed by atoms with van der Waals surface area (Å²) in [6.45, 7) is 2.77. The number of carbonyl (C=O) groups is 2. The lowest BCUT2D eigenvalue weighted by molar-refractivity contribution is -0.245. The van der Waals surface area contributed by atoms with Crippen LogP contribution in [0, 0.1) is 0 Å². The van der Waals surface area contributed by atoms with Crippen molar-refractivity contribution in [3.63, 3.8) is 0 Å². The van der Waals surface area contributed by atoms with Crippen LogP contribution in [0.1, 0.15) is 49.4 Å². The summed E-state index contributed by atoms with van der Waals surface area (Å²) in [4.78, 5) is 24.5. The molecule has 0 aromatic heterocycles. The Morgan fingerprint density at radius 2 is 1.72 bits per heavy atom. The Morgan fingerprint density at radius 3 is 2.38 bits per heavy atom. The summed E-state index contributed by atoms with van der Waals surface area (Å²) < 4.78 is 23.2. The third kappa shape index (κ3) is 7.83. The Kier molecular flexibility index (Phi) is 10.00. The predicted octanol–water partition coefficient (Wildman–Crippen LogP) is 5.42. The molecule has 1 amide bonds. The zero-order chi connectivity index (χ0) is 27.8. The minimum atomic E-state index is -0.897. The van der Waals surface area contributed by atoms with E-state index >= 15 is 0 Å². The predicted molar refractivity (Wildman–Crippen MR) is 148 cm³/mol. The molecule has 0 saturated carbocycles. The van der Waals surface area contributed by atoms with Gasteiger partial charge in [0.15, 0.2) is 12.4 Å². The first-order chi connectivity index (χ1) is 18.9. The minimum Gasteiger partial charge on any atom is -0.496 e. The van der Waals surface area contributed by atoms with Crippen molar-refractivity contribution in [1.29, 1.82) is 0 Å². The average molecular weight is 552 g/mol. The van der Waals surface area contributed by atoms with Gasteiger partial charge in [-0.2, -0.15) is 0 Å². The summed E-state index contributed by atoms with van der Waals surface area (Å²) in [5, 5.41) is 12.2. The Labute approximate surface area is 232 Å². The van der Waals surface area contributed by atoms with Crippen molar-refractivity contribution in [2.24, 2.45) is 0 Å². The van der Waals surface area contributed by atoms with Gasteiger partial charge in [-0.15, -0.1) is 11.8 Å². The van der Waals surface area contributed by atoms with Crippen LogP contribution in [0.15, 0.2) is 77.7 Å². The third-order valence-corrected chi connectivity index (χ3v) is 7.46. The maximum atomic E-state index is 12.3. The normalized spacial score (nSPS) is 19.6. The molecule has 8 nitrogen and oxygen atoms in total. The summed E-state index contributed by atoms with van der Waals surface area (Å²) in [7, 11) is 1.66. The van der Waals surface area contributed by atoms with Crippen LogP contribution in [0.25, 0.3) is 0 Å². The van der Waals surface area contributed by atoms with E-state index < -0.39 is 24.3 Å². The molecular weight excluding hydrogens is 518 g/mol. The number of carbonyl (C=O) groups excluding carboxylic acids is 2. The highest BCUT2D eigenvalue weighted by Crippen LogP contribution is 2.40. The molecule has 3 aromatic carbocycles. The van der Waals surface area contributed by atoms with Gasteiger partial charge in [0.2, 0.25) is 0 Å². The molecule has 1 fully saturated rings. The molecule has 0 bridgehead atoms. The quantitative estimate of drug-likeness (QED) is 0.255. The molecule has 3 aromatic rings. The molecule has 0 spiro atoms. The second kappa shape index (κ2) is 13.6. The Balaban J connectivity index is 1.49. The molecule has 1 aliphatic heterocycles. The minimum absolute atomic E-state index is 0.0156. The smallest absolute Gasteiger partial charge is 0.303 e. The van der Waals surface area contributed by atoms with Gasteiger partial charge in [0.25, 0.3) is 5.91 Å². The number of ether oxygens (including phenoxy) is 4. The highest BCUT2D eigenvalue weighted by molar-refractivity contribution is 7.99. The van der Waals surface area contributed by atoms with Crippen molar-refractivity contribution in [3.05, 3.63) is 89.5 Å². The van der Waals surface area contributed by atoms with Crippen LogP contribution in [-0.4, -0.2) is 42.1 Å². The topological polar surface area (TPSA) is 103 Å². The van der Waals surface area contributed by atoms with Crippen LogP contribution in [0.2, 0.25) is 0 Å². The summed E-state index contributed by atoms with van der Waals surface area (Å²) in [5.41, 5.74) is 3.23. The highest BCUT2D eigenvalue weighted by atomic mass is 32.2. The van der Waals surface area contributed by atoms with Gasteiger partial charge >= 0.3 is 5.97 Å². The monoisotopic (exact) mass is 551 g/mol. The SMILES string of the molecule is COc1ccccc1SC[C@H]1C[C@@H](c2ccc(CO)cc2)O[C@@H](c2ccc(NC(=O)[C@H](C)OC(C)=O)cc2)O1. The maximum Gasteiger partial charge on any atom is 0.303 e.